The fraction of sp³-hybridized carbons (Fsp3) is 0.250. The maximum Gasteiger partial charge on any atom is 0.180 e. The second-order valence-corrected chi connectivity index (χ2v) is 5.05. The van der Waals surface area contributed by atoms with Crippen LogP contribution in [-0.4, -0.2) is 18.1 Å². The molecule has 3 rings (SSSR count). The molecule has 0 aliphatic carbocycles. The Bertz CT molecular complexity index is 526. The zero-order valence-corrected chi connectivity index (χ0v) is 10.1. The first kappa shape index (κ1) is 10.4. The highest BCUT2D eigenvalue weighted by Crippen LogP contribution is 2.32. The van der Waals surface area contributed by atoms with Crippen molar-refractivity contribution in [2.24, 2.45) is 0 Å². The van der Waals surface area contributed by atoms with Crippen LogP contribution in [0.2, 0.25) is 0 Å². The Balaban J connectivity index is 1.85. The van der Waals surface area contributed by atoms with Gasteiger partial charge in [-0.3, -0.25) is 0 Å². The monoisotopic (exact) mass is 247 g/mol. The summed E-state index contributed by atoms with van der Waals surface area (Å²) < 4.78 is 5.62. The quantitative estimate of drug-likeness (QED) is 0.883. The van der Waals surface area contributed by atoms with Gasteiger partial charge < -0.3 is 15.4 Å². The lowest BCUT2D eigenvalue weighted by atomic mass is 10.2. The largest absolute Gasteiger partial charge is 0.490 e. The van der Waals surface area contributed by atoms with Gasteiger partial charge in [-0.15, -0.1) is 11.3 Å². The molecule has 0 unspecified atom stereocenters. The summed E-state index contributed by atoms with van der Waals surface area (Å²) in [5.41, 5.74) is 6.79. The van der Waals surface area contributed by atoms with Crippen LogP contribution in [-0.2, 0) is 6.54 Å². The first-order chi connectivity index (χ1) is 8.33. The molecule has 0 fully saturated rings. The zero-order chi connectivity index (χ0) is 11.7. The van der Waals surface area contributed by atoms with Gasteiger partial charge >= 0.3 is 0 Å². The summed E-state index contributed by atoms with van der Waals surface area (Å²) in [6, 6.07) is 8.11. The van der Waals surface area contributed by atoms with Gasteiger partial charge in [-0.05, 0) is 12.1 Å². The molecule has 2 N–H and O–H groups in total. The number of ether oxygens (including phenoxy) is 1. The van der Waals surface area contributed by atoms with E-state index in [1.165, 1.54) is 4.88 Å². The molecule has 1 aromatic heterocycles. The summed E-state index contributed by atoms with van der Waals surface area (Å²) in [6.07, 6.45) is 1.85. The topological polar surface area (TPSA) is 51.4 Å². The Labute approximate surface area is 104 Å². The maximum absolute atomic E-state index is 5.64. The number of thiazole rings is 1. The van der Waals surface area contributed by atoms with Gasteiger partial charge in [0.05, 0.1) is 18.8 Å². The van der Waals surface area contributed by atoms with Gasteiger partial charge in [0.2, 0.25) is 0 Å². The molecule has 0 saturated carbocycles. The van der Waals surface area contributed by atoms with Crippen molar-refractivity contribution in [1.29, 1.82) is 0 Å². The Kier molecular flexibility index (Phi) is 2.60. The summed E-state index contributed by atoms with van der Waals surface area (Å²) in [7, 11) is 0. The molecule has 2 aromatic rings. The number of fused-ring (bicyclic) bond motifs is 1. The summed E-state index contributed by atoms with van der Waals surface area (Å²) in [5, 5.41) is 0.626. The van der Waals surface area contributed by atoms with Crippen LogP contribution in [0, 0.1) is 0 Å². The van der Waals surface area contributed by atoms with E-state index < -0.39 is 0 Å². The van der Waals surface area contributed by atoms with Crippen LogP contribution in [0.4, 0.5) is 10.8 Å². The molecule has 17 heavy (non-hydrogen) atoms. The van der Waals surface area contributed by atoms with E-state index in [1.807, 2.05) is 24.4 Å². The number of anilines is 2. The van der Waals surface area contributed by atoms with E-state index in [0.717, 1.165) is 31.1 Å². The number of nitrogen functional groups attached to an aromatic ring is 1. The molecular formula is C12H13N3OS. The molecule has 0 bridgehead atoms. The summed E-state index contributed by atoms with van der Waals surface area (Å²) in [5.74, 6) is 0.955. The average Bonchev–Trinajstić information content (AvgIpc) is 2.75. The SMILES string of the molecule is Nc1ncc(CN2CCOc3ccccc32)s1. The zero-order valence-electron chi connectivity index (χ0n) is 9.30. The van der Waals surface area contributed by atoms with Gasteiger partial charge in [-0.25, -0.2) is 4.98 Å². The number of benzene rings is 1. The Morgan fingerprint density at radius 2 is 2.29 bits per heavy atom. The fourth-order valence-electron chi connectivity index (χ4n) is 1.97. The predicted molar refractivity (Wildman–Crippen MR) is 69.5 cm³/mol. The molecule has 88 valence electrons. The van der Waals surface area contributed by atoms with E-state index in [1.54, 1.807) is 11.3 Å². The molecule has 1 aliphatic rings. The third kappa shape index (κ3) is 2.06. The number of aromatic nitrogens is 1. The summed E-state index contributed by atoms with van der Waals surface area (Å²) in [6.45, 7) is 2.47. The number of rotatable bonds is 2. The van der Waals surface area contributed by atoms with E-state index in [9.17, 15) is 0 Å². The highest BCUT2D eigenvalue weighted by molar-refractivity contribution is 7.15. The molecule has 0 saturated heterocycles. The van der Waals surface area contributed by atoms with Crippen LogP contribution in [0.25, 0.3) is 0 Å². The van der Waals surface area contributed by atoms with E-state index in [4.69, 9.17) is 10.5 Å². The van der Waals surface area contributed by atoms with E-state index in [2.05, 4.69) is 16.0 Å². The number of hydrogen-bond donors (Lipinski definition) is 1. The van der Waals surface area contributed by atoms with Crippen molar-refractivity contribution in [3.8, 4) is 5.75 Å². The molecule has 0 radical (unpaired) electrons. The minimum atomic E-state index is 0.626. The Morgan fingerprint density at radius 1 is 1.41 bits per heavy atom. The molecule has 0 amide bonds. The number of hydrogen-bond acceptors (Lipinski definition) is 5. The van der Waals surface area contributed by atoms with Crippen LogP contribution < -0.4 is 15.4 Å². The third-order valence-electron chi connectivity index (χ3n) is 2.74. The van der Waals surface area contributed by atoms with Crippen LogP contribution in [0.5, 0.6) is 5.75 Å². The van der Waals surface area contributed by atoms with Crippen molar-refractivity contribution in [2.45, 2.75) is 6.54 Å². The number of nitrogens with two attached hydrogens (primary N) is 1. The van der Waals surface area contributed by atoms with Gasteiger partial charge in [0.15, 0.2) is 5.13 Å². The highest BCUT2D eigenvalue weighted by Gasteiger charge is 2.18. The van der Waals surface area contributed by atoms with Gasteiger partial charge in [0, 0.05) is 11.1 Å². The fourth-order valence-corrected chi connectivity index (χ4v) is 2.67. The van der Waals surface area contributed by atoms with Gasteiger partial charge in [0.25, 0.3) is 0 Å². The van der Waals surface area contributed by atoms with E-state index in [-0.39, 0.29) is 0 Å². The predicted octanol–water partition coefficient (Wildman–Crippen LogP) is 2.12. The smallest absolute Gasteiger partial charge is 0.180 e. The minimum absolute atomic E-state index is 0.626. The van der Waals surface area contributed by atoms with Crippen molar-refractivity contribution >= 4 is 22.2 Å². The standard InChI is InChI=1S/C12H13N3OS/c13-12-14-7-9(17-12)8-15-5-6-16-11-4-2-1-3-10(11)15/h1-4,7H,5-6,8H2,(H2,13,14). The van der Waals surface area contributed by atoms with Crippen LogP contribution in [0.15, 0.2) is 30.5 Å². The molecule has 2 heterocycles. The Hall–Kier alpha value is -1.75. The highest BCUT2D eigenvalue weighted by atomic mass is 32.1. The summed E-state index contributed by atoms with van der Waals surface area (Å²) in [4.78, 5) is 7.55. The normalized spacial score (nSPS) is 14.2. The van der Waals surface area contributed by atoms with Gasteiger partial charge in [-0.1, -0.05) is 12.1 Å². The second-order valence-electron chi connectivity index (χ2n) is 3.90. The minimum Gasteiger partial charge on any atom is -0.490 e. The number of para-hydroxylation sites is 2. The molecule has 1 aliphatic heterocycles. The summed E-state index contributed by atoms with van der Waals surface area (Å²) >= 11 is 1.54. The maximum atomic E-state index is 5.64. The average molecular weight is 247 g/mol. The van der Waals surface area contributed by atoms with Crippen molar-refractivity contribution in [3.05, 3.63) is 35.3 Å². The van der Waals surface area contributed by atoms with Crippen molar-refractivity contribution in [3.63, 3.8) is 0 Å². The van der Waals surface area contributed by atoms with Crippen LogP contribution in [0.3, 0.4) is 0 Å². The Morgan fingerprint density at radius 3 is 3.12 bits per heavy atom. The van der Waals surface area contributed by atoms with Crippen molar-refractivity contribution in [2.75, 3.05) is 23.8 Å². The van der Waals surface area contributed by atoms with E-state index in [0.29, 0.717) is 5.13 Å². The molecule has 1 aromatic carbocycles. The van der Waals surface area contributed by atoms with Crippen molar-refractivity contribution < 1.29 is 4.74 Å². The lowest BCUT2D eigenvalue weighted by Gasteiger charge is -2.30. The van der Waals surface area contributed by atoms with Gasteiger partial charge in [0.1, 0.15) is 12.4 Å². The van der Waals surface area contributed by atoms with Crippen LogP contribution >= 0.6 is 11.3 Å². The first-order valence-electron chi connectivity index (χ1n) is 5.50. The third-order valence-corrected chi connectivity index (χ3v) is 3.55. The van der Waals surface area contributed by atoms with E-state index >= 15 is 0 Å². The van der Waals surface area contributed by atoms with Gasteiger partial charge in [-0.2, -0.15) is 0 Å². The molecule has 0 spiro atoms. The van der Waals surface area contributed by atoms with Crippen molar-refractivity contribution in [1.82, 2.24) is 4.98 Å². The lowest BCUT2D eigenvalue weighted by molar-refractivity contribution is 0.307. The molecule has 5 heteroatoms. The molecular weight excluding hydrogens is 234 g/mol. The molecule has 0 atom stereocenters. The van der Waals surface area contributed by atoms with Crippen LogP contribution in [0.1, 0.15) is 4.88 Å². The second kappa shape index (κ2) is 4.25. The molecule has 4 nitrogen and oxygen atoms in total. The first-order valence-corrected chi connectivity index (χ1v) is 6.31. The number of nitrogens with zero attached hydrogens (tertiary/aromatic N) is 2. The lowest BCUT2D eigenvalue weighted by Crippen LogP contribution is -2.31.